The molecule has 1 saturated carbocycles. The summed E-state index contributed by atoms with van der Waals surface area (Å²) < 4.78 is 1.75. The second-order valence-corrected chi connectivity index (χ2v) is 4.66. The molecule has 5 nitrogen and oxygen atoms in total. The number of rotatable bonds is 4. The molecule has 0 bridgehead atoms. The molecule has 1 atom stereocenters. The minimum Gasteiger partial charge on any atom is -0.388 e. The van der Waals surface area contributed by atoms with Crippen LogP contribution in [0.3, 0.4) is 0 Å². The molecule has 1 heterocycles. The van der Waals surface area contributed by atoms with Crippen LogP contribution >= 0.6 is 0 Å². The van der Waals surface area contributed by atoms with E-state index in [0.29, 0.717) is 12.3 Å². The third-order valence-corrected chi connectivity index (χ3v) is 2.79. The van der Waals surface area contributed by atoms with Crippen molar-refractivity contribution in [2.24, 2.45) is 12.8 Å². The first kappa shape index (κ1) is 10.6. The molecule has 3 N–H and O–H groups in total. The van der Waals surface area contributed by atoms with Crippen molar-refractivity contribution in [1.29, 1.82) is 0 Å². The molecule has 5 heteroatoms. The van der Waals surface area contributed by atoms with Gasteiger partial charge in [-0.2, -0.15) is 5.10 Å². The van der Waals surface area contributed by atoms with Crippen LogP contribution in [-0.2, 0) is 13.5 Å². The van der Waals surface area contributed by atoms with Gasteiger partial charge >= 0.3 is 0 Å². The lowest BCUT2D eigenvalue weighted by Crippen LogP contribution is -2.37. The molecule has 0 aromatic carbocycles. The van der Waals surface area contributed by atoms with E-state index in [9.17, 15) is 5.11 Å². The standard InChI is InChI=1S/C10H18N4O/c1-10(15,6-11)5-8-12-9(7-3-4-7)13-14(8)2/h7,15H,3-6,11H2,1-2H3. The van der Waals surface area contributed by atoms with Gasteiger partial charge in [-0.1, -0.05) is 0 Å². The van der Waals surface area contributed by atoms with Crippen LogP contribution < -0.4 is 5.73 Å². The minimum atomic E-state index is -0.887. The fraction of sp³-hybridized carbons (Fsp3) is 0.800. The highest BCUT2D eigenvalue weighted by Crippen LogP contribution is 2.38. The number of aryl methyl sites for hydroxylation is 1. The zero-order chi connectivity index (χ0) is 11.1. The third-order valence-electron chi connectivity index (χ3n) is 2.79. The SMILES string of the molecule is Cn1nc(C2CC2)nc1CC(C)(O)CN. The molecule has 1 aliphatic carbocycles. The second-order valence-electron chi connectivity index (χ2n) is 4.66. The summed E-state index contributed by atoms with van der Waals surface area (Å²) in [7, 11) is 1.86. The molecule has 84 valence electrons. The summed E-state index contributed by atoms with van der Waals surface area (Å²) in [5.41, 5.74) is 4.59. The van der Waals surface area contributed by atoms with Crippen molar-refractivity contribution in [1.82, 2.24) is 14.8 Å². The van der Waals surface area contributed by atoms with Gasteiger partial charge in [0, 0.05) is 25.9 Å². The number of nitrogens with zero attached hydrogens (tertiary/aromatic N) is 3. The van der Waals surface area contributed by atoms with E-state index in [4.69, 9.17) is 5.73 Å². The molecular formula is C10H18N4O. The van der Waals surface area contributed by atoms with Crippen molar-refractivity contribution in [3.63, 3.8) is 0 Å². The molecule has 1 fully saturated rings. The van der Waals surface area contributed by atoms with Crippen LogP contribution in [0, 0.1) is 0 Å². The molecule has 1 aromatic heterocycles. The Hall–Kier alpha value is -0.940. The Balaban J connectivity index is 2.13. The average Bonchev–Trinajstić information content (AvgIpc) is 2.94. The fourth-order valence-corrected chi connectivity index (χ4v) is 1.52. The zero-order valence-electron chi connectivity index (χ0n) is 9.27. The van der Waals surface area contributed by atoms with Gasteiger partial charge in [0.1, 0.15) is 5.82 Å². The van der Waals surface area contributed by atoms with E-state index in [-0.39, 0.29) is 6.54 Å². The highest BCUT2D eigenvalue weighted by molar-refractivity contribution is 5.07. The van der Waals surface area contributed by atoms with Gasteiger partial charge in [0.25, 0.3) is 0 Å². The largest absolute Gasteiger partial charge is 0.388 e. The molecule has 0 spiro atoms. The predicted molar refractivity (Wildman–Crippen MR) is 56.4 cm³/mol. The Morgan fingerprint density at radius 3 is 2.80 bits per heavy atom. The Morgan fingerprint density at radius 1 is 1.60 bits per heavy atom. The maximum absolute atomic E-state index is 9.86. The zero-order valence-corrected chi connectivity index (χ0v) is 9.27. The first-order valence-corrected chi connectivity index (χ1v) is 5.34. The van der Waals surface area contributed by atoms with Crippen molar-refractivity contribution < 1.29 is 5.11 Å². The maximum Gasteiger partial charge on any atom is 0.154 e. The minimum absolute atomic E-state index is 0.235. The summed E-state index contributed by atoms with van der Waals surface area (Å²) in [5.74, 6) is 2.28. The lowest BCUT2D eigenvalue weighted by Gasteiger charge is -2.19. The molecule has 0 saturated heterocycles. The summed E-state index contributed by atoms with van der Waals surface area (Å²) in [6.45, 7) is 1.96. The highest BCUT2D eigenvalue weighted by Gasteiger charge is 2.30. The lowest BCUT2D eigenvalue weighted by molar-refractivity contribution is 0.0666. The van der Waals surface area contributed by atoms with Crippen LogP contribution in [0.5, 0.6) is 0 Å². The van der Waals surface area contributed by atoms with E-state index in [1.54, 1.807) is 11.6 Å². The summed E-state index contributed by atoms with van der Waals surface area (Å²) >= 11 is 0. The van der Waals surface area contributed by atoms with E-state index < -0.39 is 5.60 Å². The molecule has 1 unspecified atom stereocenters. The Bertz CT molecular complexity index is 354. The van der Waals surface area contributed by atoms with Crippen molar-refractivity contribution in [3.05, 3.63) is 11.6 Å². The monoisotopic (exact) mass is 210 g/mol. The third kappa shape index (κ3) is 2.35. The molecular weight excluding hydrogens is 192 g/mol. The molecule has 0 amide bonds. The molecule has 0 radical (unpaired) electrons. The van der Waals surface area contributed by atoms with Crippen LogP contribution in [-0.4, -0.2) is 32.0 Å². The highest BCUT2D eigenvalue weighted by atomic mass is 16.3. The first-order chi connectivity index (χ1) is 7.02. The van der Waals surface area contributed by atoms with Gasteiger partial charge in [-0.25, -0.2) is 4.98 Å². The van der Waals surface area contributed by atoms with E-state index in [0.717, 1.165) is 11.6 Å². The van der Waals surface area contributed by atoms with Crippen LogP contribution in [0.2, 0.25) is 0 Å². The van der Waals surface area contributed by atoms with Crippen molar-refractivity contribution in [2.75, 3.05) is 6.54 Å². The summed E-state index contributed by atoms with van der Waals surface area (Å²) in [4.78, 5) is 4.44. The smallest absolute Gasteiger partial charge is 0.154 e. The first-order valence-electron chi connectivity index (χ1n) is 5.34. The molecule has 1 aromatic rings. The molecule has 0 aliphatic heterocycles. The predicted octanol–water partition coefficient (Wildman–Crippen LogP) is -0.0553. The number of aromatic nitrogens is 3. The van der Waals surface area contributed by atoms with E-state index in [1.165, 1.54) is 12.8 Å². The summed E-state index contributed by atoms with van der Waals surface area (Å²) in [6, 6.07) is 0. The fourth-order valence-electron chi connectivity index (χ4n) is 1.52. The van der Waals surface area contributed by atoms with Gasteiger partial charge in [0.15, 0.2) is 5.82 Å². The van der Waals surface area contributed by atoms with Gasteiger partial charge in [-0.15, -0.1) is 0 Å². The van der Waals surface area contributed by atoms with Crippen LogP contribution in [0.4, 0.5) is 0 Å². The molecule has 15 heavy (non-hydrogen) atoms. The summed E-state index contributed by atoms with van der Waals surface area (Å²) in [6.07, 6.45) is 2.84. The number of hydrogen-bond acceptors (Lipinski definition) is 4. The topological polar surface area (TPSA) is 77.0 Å². The maximum atomic E-state index is 9.86. The molecule has 2 rings (SSSR count). The normalized spacial score (nSPS) is 20.3. The quantitative estimate of drug-likeness (QED) is 0.730. The van der Waals surface area contributed by atoms with Gasteiger partial charge in [-0.05, 0) is 19.8 Å². The second kappa shape index (κ2) is 3.57. The van der Waals surface area contributed by atoms with Crippen molar-refractivity contribution >= 4 is 0 Å². The number of hydrogen-bond donors (Lipinski definition) is 2. The van der Waals surface area contributed by atoms with Crippen LogP contribution in [0.25, 0.3) is 0 Å². The van der Waals surface area contributed by atoms with Crippen LogP contribution in [0.1, 0.15) is 37.3 Å². The van der Waals surface area contributed by atoms with Crippen molar-refractivity contribution in [3.8, 4) is 0 Å². The Morgan fingerprint density at radius 2 is 2.27 bits per heavy atom. The Kier molecular flexibility index (Phi) is 2.52. The van der Waals surface area contributed by atoms with Crippen LogP contribution in [0.15, 0.2) is 0 Å². The number of nitrogens with two attached hydrogens (primary N) is 1. The summed E-state index contributed by atoms with van der Waals surface area (Å²) in [5, 5.41) is 14.2. The van der Waals surface area contributed by atoms with Gasteiger partial charge in [-0.3, -0.25) is 4.68 Å². The Labute approximate surface area is 89.3 Å². The van der Waals surface area contributed by atoms with E-state index in [1.807, 2.05) is 7.05 Å². The van der Waals surface area contributed by atoms with E-state index in [2.05, 4.69) is 10.1 Å². The number of aliphatic hydroxyl groups is 1. The van der Waals surface area contributed by atoms with E-state index >= 15 is 0 Å². The van der Waals surface area contributed by atoms with Crippen molar-refractivity contribution in [2.45, 2.75) is 37.7 Å². The molecule has 1 aliphatic rings. The van der Waals surface area contributed by atoms with Gasteiger partial charge in [0.05, 0.1) is 5.60 Å². The van der Waals surface area contributed by atoms with Gasteiger partial charge in [0.2, 0.25) is 0 Å². The lowest BCUT2D eigenvalue weighted by atomic mass is 10.0. The van der Waals surface area contributed by atoms with Gasteiger partial charge < -0.3 is 10.8 Å². The average molecular weight is 210 g/mol.